The standard InChI is InChI=1S/C17H23N3O4/c1-13-16(22)19(12-15(21)11-18-7-9-24-10-8-18)17(23)20(13)14-5-3-2-4-6-14/h2-6,13,15,21H,7-12H2,1H3/t13-,15+/m0/s1. The first kappa shape index (κ1) is 16.9. The third-order valence-electron chi connectivity index (χ3n) is 4.45. The Labute approximate surface area is 141 Å². The molecule has 2 heterocycles. The van der Waals surface area contributed by atoms with Crippen molar-refractivity contribution in [3.8, 4) is 0 Å². The summed E-state index contributed by atoms with van der Waals surface area (Å²) in [5.74, 6) is -0.273. The molecular weight excluding hydrogens is 310 g/mol. The highest BCUT2D eigenvalue weighted by atomic mass is 16.5. The molecule has 0 bridgehead atoms. The summed E-state index contributed by atoms with van der Waals surface area (Å²) < 4.78 is 5.28. The van der Waals surface area contributed by atoms with Crippen LogP contribution in [0.2, 0.25) is 0 Å². The topological polar surface area (TPSA) is 73.3 Å². The van der Waals surface area contributed by atoms with Gasteiger partial charge in [0.1, 0.15) is 6.04 Å². The lowest BCUT2D eigenvalue weighted by Gasteiger charge is -2.29. The predicted molar refractivity (Wildman–Crippen MR) is 88.8 cm³/mol. The fraction of sp³-hybridized carbons (Fsp3) is 0.529. The molecule has 0 aromatic heterocycles. The zero-order chi connectivity index (χ0) is 17.1. The minimum Gasteiger partial charge on any atom is -0.390 e. The number of aliphatic hydroxyl groups is 1. The van der Waals surface area contributed by atoms with E-state index in [1.54, 1.807) is 19.1 Å². The number of hydrogen-bond acceptors (Lipinski definition) is 5. The number of carbonyl (C=O) groups excluding carboxylic acids is 2. The Morgan fingerprint density at radius 1 is 1.17 bits per heavy atom. The third-order valence-corrected chi connectivity index (χ3v) is 4.45. The van der Waals surface area contributed by atoms with Crippen LogP contribution in [0.25, 0.3) is 0 Å². The lowest BCUT2D eigenvalue weighted by atomic mass is 10.2. The molecule has 2 atom stereocenters. The number of carbonyl (C=O) groups is 2. The highest BCUT2D eigenvalue weighted by Gasteiger charge is 2.43. The van der Waals surface area contributed by atoms with Crippen LogP contribution in [0.3, 0.4) is 0 Å². The number of anilines is 1. The molecule has 0 spiro atoms. The molecule has 1 N–H and O–H groups in total. The summed E-state index contributed by atoms with van der Waals surface area (Å²) in [7, 11) is 0. The maximum Gasteiger partial charge on any atom is 0.332 e. The Hall–Kier alpha value is -1.96. The molecular formula is C17H23N3O4. The number of imide groups is 1. The molecule has 0 unspecified atom stereocenters. The molecule has 130 valence electrons. The first-order valence-corrected chi connectivity index (χ1v) is 8.25. The van der Waals surface area contributed by atoms with Crippen molar-refractivity contribution in [1.82, 2.24) is 9.80 Å². The van der Waals surface area contributed by atoms with Crippen molar-refractivity contribution in [2.24, 2.45) is 0 Å². The molecule has 2 aliphatic rings. The van der Waals surface area contributed by atoms with Gasteiger partial charge < -0.3 is 9.84 Å². The summed E-state index contributed by atoms with van der Waals surface area (Å²) in [5.41, 5.74) is 0.688. The first-order chi connectivity index (χ1) is 11.6. The van der Waals surface area contributed by atoms with Crippen molar-refractivity contribution in [3.63, 3.8) is 0 Å². The number of amides is 3. The quantitative estimate of drug-likeness (QED) is 0.796. The SMILES string of the molecule is C[C@H]1C(=O)N(C[C@H](O)CN2CCOCC2)C(=O)N1c1ccccc1. The second kappa shape index (κ2) is 7.29. The van der Waals surface area contributed by atoms with Gasteiger partial charge in [-0.05, 0) is 19.1 Å². The van der Waals surface area contributed by atoms with Crippen LogP contribution in [0.4, 0.5) is 10.5 Å². The summed E-state index contributed by atoms with van der Waals surface area (Å²) in [5, 5.41) is 10.3. The van der Waals surface area contributed by atoms with E-state index < -0.39 is 12.1 Å². The van der Waals surface area contributed by atoms with E-state index in [1.807, 2.05) is 18.2 Å². The van der Waals surface area contributed by atoms with E-state index >= 15 is 0 Å². The Kier molecular flexibility index (Phi) is 5.13. The largest absolute Gasteiger partial charge is 0.390 e. The number of nitrogens with zero attached hydrogens (tertiary/aromatic N) is 3. The molecule has 3 amide bonds. The van der Waals surface area contributed by atoms with E-state index in [-0.39, 0.29) is 18.5 Å². The number of rotatable bonds is 5. The van der Waals surface area contributed by atoms with Crippen LogP contribution in [0, 0.1) is 0 Å². The fourth-order valence-corrected chi connectivity index (χ4v) is 3.17. The van der Waals surface area contributed by atoms with Gasteiger partial charge in [0.2, 0.25) is 0 Å². The third kappa shape index (κ3) is 3.43. The number of urea groups is 1. The van der Waals surface area contributed by atoms with Crippen molar-refractivity contribution < 1.29 is 19.4 Å². The number of para-hydroxylation sites is 1. The maximum atomic E-state index is 12.6. The molecule has 2 aliphatic heterocycles. The number of β-amino-alcohol motifs (C(OH)–C–C–N with tert-alkyl or cyclic N) is 1. The van der Waals surface area contributed by atoms with Gasteiger partial charge in [0.25, 0.3) is 5.91 Å². The fourth-order valence-electron chi connectivity index (χ4n) is 3.17. The molecule has 24 heavy (non-hydrogen) atoms. The van der Waals surface area contributed by atoms with Gasteiger partial charge in [-0.15, -0.1) is 0 Å². The second-order valence-corrected chi connectivity index (χ2v) is 6.18. The van der Waals surface area contributed by atoms with Gasteiger partial charge in [-0.3, -0.25) is 19.5 Å². The van der Waals surface area contributed by atoms with Crippen molar-refractivity contribution in [1.29, 1.82) is 0 Å². The molecule has 0 saturated carbocycles. The Balaban J connectivity index is 1.65. The summed E-state index contributed by atoms with van der Waals surface area (Å²) >= 11 is 0. The molecule has 7 heteroatoms. The zero-order valence-electron chi connectivity index (χ0n) is 13.8. The highest BCUT2D eigenvalue weighted by molar-refractivity contribution is 6.14. The van der Waals surface area contributed by atoms with E-state index in [9.17, 15) is 14.7 Å². The van der Waals surface area contributed by atoms with Crippen LogP contribution in [0.5, 0.6) is 0 Å². The lowest BCUT2D eigenvalue weighted by Crippen LogP contribution is -2.46. The van der Waals surface area contributed by atoms with Gasteiger partial charge in [0.05, 0.1) is 25.9 Å². The molecule has 3 rings (SSSR count). The highest BCUT2D eigenvalue weighted by Crippen LogP contribution is 2.25. The van der Waals surface area contributed by atoms with Crippen LogP contribution < -0.4 is 4.90 Å². The monoisotopic (exact) mass is 333 g/mol. The van der Waals surface area contributed by atoms with Crippen molar-refractivity contribution in [2.75, 3.05) is 44.3 Å². The van der Waals surface area contributed by atoms with Crippen LogP contribution in [-0.2, 0) is 9.53 Å². The maximum absolute atomic E-state index is 12.6. The zero-order valence-corrected chi connectivity index (χ0v) is 13.8. The number of ether oxygens (including phenoxy) is 1. The van der Waals surface area contributed by atoms with Gasteiger partial charge >= 0.3 is 6.03 Å². The van der Waals surface area contributed by atoms with Crippen LogP contribution >= 0.6 is 0 Å². The second-order valence-electron chi connectivity index (χ2n) is 6.18. The normalized spacial score (nSPS) is 23.8. The molecule has 0 radical (unpaired) electrons. The van der Waals surface area contributed by atoms with Crippen molar-refractivity contribution >= 4 is 17.6 Å². The number of aliphatic hydroxyl groups excluding tert-OH is 1. The van der Waals surface area contributed by atoms with E-state index in [1.165, 1.54) is 4.90 Å². The van der Waals surface area contributed by atoms with Crippen LogP contribution in [0.15, 0.2) is 30.3 Å². The number of benzene rings is 1. The molecule has 1 aromatic carbocycles. The van der Waals surface area contributed by atoms with Crippen LogP contribution in [0.1, 0.15) is 6.92 Å². The van der Waals surface area contributed by atoms with Crippen LogP contribution in [-0.4, -0.2) is 78.4 Å². The van der Waals surface area contributed by atoms with E-state index in [0.29, 0.717) is 25.4 Å². The predicted octanol–water partition coefficient (Wildman–Crippen LogP) is 0.537. The van der Waals surface area contributed by atoms with Crippen molar-refractivity contribution in [2.45, 2.75) is 19.1 Å². The lowest BCUT2D eigenvalue weighted by molar-refractivity contribution is -0.128. The minimum atomic E-state index is -0.765. The molecule has 0 aliphatic carbocycles. The summed E-state index contributed by atoms with van der Waals surface area (Å²) in [4.78, 5) is 29.8. The summed E-state index contributed by atoms with van der Waals surface area (Å²) in [6, 6.07) is 8.19. The number of morpholine rings is 1. The summed E-state index contributed by atoms with van der Waals surface area (Å²) in [6.45, 7) is 4.96. The Bertz CT molecular complexity index is 589. The van der Waals surface area contributed by atoms with Gasteiger partial charge in [-0.2, -0.15) is 0 Å². The molecule has 2 saturated heterocycles. The average Bonchev–Trinajstić information content (AvgIpc) is 2.80. The van der Waals surface area contributed by atoms with E-state index in [4.69, 9.17) is 4.74 Å². The van der Waals surface area contributed by atoms with Gasteiger partial charge in [0, 0.05) is 25.3 Å². The smallest absolute Gasteiger partial charge is 0.332 e. The summed E-state index contributed by atoms with van der Waals surface area (Å²) in [6.07, 6.45) is -0.765. The van der Waals surface area contributed by atoms with E-state index in [2.05, 4.69) is 4.90 Å². The molecule has 2 fully saturated rings. The average molecular weight is 333 g/mol. The first-order valence-electron chi connectivity index (χ1n) is 8.25. The van der Waals surface area contributed by atoms with Gasteiger partial charge in [-0.25, -0.2) is 4.79 Å². The number of hydrogen-bond donors (Lipinski definition) is 1. The Morgan fingerprint density at radius 3 is 2.50 bits per heavy atom. The molecule has 7 nitrogen and oxygen atoms in total. The molecule has 1 aromatic rings. The minimum absolute atomic E-state index is 0.0166. The van der Waals surface area contributed by atoms with E-state index in [0.717, 1.165) is 18.0 Å². The van der Waals surface area contributed by atoms with Crippen molar-refractivity contribution in [3.05, 3.63) is 30.3 Å². The Morgan fingerprint density at radius 2 is 1.83 bits per heavy atom. The van der Waals surface area contributed by atoms with Gasteiger partial charge in [-0.1, -0.05) is 18.2 Å². The van der Waals surface area contributed by atoms with Gasteiger partial charge in [0.15, 0.2) is 0 Å².